The van der Waals surface area contributed by atoms with Crippen molar-refractivity contribution in [2.45, 2.75) is 32.2 Å². The molecule has 0 aromatic heterocycles. The van der Waals surface area contributed by atoms with E-state index in [0.717, 1.165) is 13.2 Å². The maximum absolute atomic E-state index is 5.50. The first-order valence-electron chi connectivity index (χ1n) is 7.53. The number of hydrogen-bond acceptors (Lipinski definition) is 3. The van der Waals surface area contributed by atoms with Crippen LogP contribution >= 0.6 is 0 Å². The average Bonchev–Trinajstić information content (AvgIpc) is 3.13. The Bertz CT molecular complexity index is 409. The van der Waals surface area contributed by atoms with E-state index in [0.29, 0.717) is 12.0 Å². The first-order chi connectivity index (χ1) is 9.34. The fraction of sp³-hybridized carbons (Fsp3) is 0.625. The highest BCUT2D eigenvalue weighted by atomic mass is 16.5. The van der Waals surface area contributed by atoms with Crippen molar-refractivity contribution in [1.82, 2.24) is 0 Å². The molecule has 2 fully saturated rings. The van der Waals surface area contributed by atoms with Crippen LogP contribution < -0.4 is 10.2 Å². The summed E-state index contributed by atoms with van der Waals surface area (Å²) in [4.78, 5) is 2.50. The van der Waals surface area contributed by atoms with Crippen molar-refractivity contribution in [3.8, 4) is 0 Å². The molecule has 1 aromatic rings. The van der Waals surface area contributed by atoms with Crippen molar-refractivity contribution < 1.29 is 4.74 Å². The molecule has 0 bridgehead atoms. The van der Waals surface area contributed by atoms with Gasteiger partial charge in [-0.15, -0.1) is 0 Å². The lowest BCUT2D eigenvalue weighted by Gasteiger charge is -2.26. The molecule has 1 aromatic carbocycles. The van der Waals surface area contributed by atoms with Crippen LogP contribution in [0.25, 0.3) is 0 Å². The third kappa shape index (κ3) is 2.86. The molecule has 19 heavy (non-hydrogen) atoms. The van der Waals surface area contributed by atoms with Crippen LogP contribution in [0.1, 0.15) is 26.2 Å². The Morgan fingerprint density at radius 3 is 2.79 bits per heavy atom. The van der Waals surface area contributed by atoms with Gasteiger partial charge in [-0.1, -0.05) is 12.1 Å². The molecular weight excluding hydrogens is 236 g/mol. The summed E-state index contributed by atoms with van der Waals surface area (Å²) in [7, 11) is 0. The van der Waals surface area contributed by atoms with E-state index in [4.69, 9.17) is 4.74 Å². The second kappa shape index (κ2) is 5.83. The van der Waals surface area contributed by atoms with Crippen LogP contribution in [-0.4, -0.2) is 32.3 Å². The predicted octanol–water partition coefficient (Wildman–Crippen LogP) is 3.12. The van der Waals surface area contributed by atoms with Gasteiger partial charge in [-0.3, -0.25) is 0 Å². The van der Waals surface area contributed by atoms with E-state index in [1.54, 1.807) is 0 Å². The minimum absolute atomic E-state index is 0.478. The van der Waals surface area contributed by atoms with Gasteiger partial charge in [0.1, 0.15) is 0 Å². The molecule has 0 radical (unpaired) electrons. The number of hydrogen-bond donors (Lipinski definition) is 1. The highest BCUT2D eigenvalue weighted by Crippen LogP contribution is 2.30. The fourth-order valence-corrected chi connectivity index (χ4v) is 3.14. The summed E-state index contributed by atoms with van der Waals surface area (Å²) in [6.45, 7) is 6.49. The summed E-state index contributed by atoms with van der Waals surface area (Å²) in [5.41, 5.74) is 2.65. The Kier molecular flexibility index (Phi) is 3.92. The molecule has 2 heterocycles. The van der Waals surface area contributed by atoms with Gasteiger partial charge in [0.05, 0.1) is 18.0 Å². The Balaban J connectivity index is 1.72. The molecule has 2 unspecified atom stereocenters. The first kappa shape index (κ1) is 12.8. The maximum Gasteiger partial charge on any atom is 0.0602 e. The number of rotatable bonds is 4. The summed E-state index contributed by atoms with van der Waals surface area (Å²) >= 11 is 0. The Morgan fingerprint density at radius 2 is 2.05 bits per heavy atom. The van der Waals surface area contributed by atoms with Crippen molar-refractivity contribution in [1.29, 1.82) is 0 Å². The van der Waals surface area contributed by atoms with Gasteiger partial charge < -0.3 is 15.0 Å². The van der Waals surface area contributed by atoms with Crippen LogP contribution in [0.3, 0.4) is 0 Å². The van der Waals surface area contributed by atoms with E-state index in [1.165, 1.54) is 43.7 Å². The highest BCUT2D eigenvalue weighted by molar-refractivity contribution is 5.70. The van der Waals surface area contributed by atoms with Gasteiger partial charge in [-0.2, -0.15) is 0 Å². The second-order valence-electron chi connectivity index (χ2n) is 5.77. The molecule has 0 amide bonds. The van der Waals surface area contributed by atoms with E-state index in [9.17, 15) is 0 Å². The number of benzene rings is 1. The largest absolute Gasteiger partial charge is 0.381 e. The topological polar surface area (TPSA) is 24.5 Å². The molecule has 0 spiro atoms. The van der Waals surface area contributed by atoms with E-state index in [2.05, 4.69) is 41.4 Å². The average molecular weight is 260 g/mol. The third-order valence-electron chi connectivity index (χ3n) is 4.41. The molecule has 0 aliphatic carbocycles. The molecule has 2 aliphatic heterocycles. The first-order valence-corrected chi connectivity index (χ1v) is 7.53. The predicted molar refractivity (Wildman–Crippen MR) is 79.9 cm³/mol. The zero-order valence-electron chi connectivity index (χ0n) is 11.8. The molecule has 3 heteroatoms. The lowest BCUT2D eigenvalue weighted by Crippen LogP contribution is -2.28. The van der Waals surface area contributed by atoms with Gasteiger partial charge in [0, 0.05) is 31.7 Å². The molecule has 3 nitrogen and oxygen atoms in total. The molecule has 0 saturated carbocycles. The van der Waals surface area contributed by atoms with E-state index < -0.39 is 0 Å². The number of ether oxygens (including phenoxy) is 1. The molecule has 2 saturated heterocycles. The molecule has 3 rings (SSSR count). The van der Waals surface area contributed by atoms with Crippen molar-refractivity contribution in [2.75, 3.05) is 36.5 Å². The molecule has 2 atom stereocenters. The summed E-state index contributed by atoms with van der Waals surface area (Å²) in [6.07, 6.45) is 3.82. The van der Waals surface area contributed by atoms with Gasteiger partial charge in [0.15, 0.2) is 0 Å². The zero-order chi connectivity index (χ0) is 13.1. The minimum Gasteiger partial charge on any atom is -0.381 e. The summed E-state index contributed by atoms with van der Waals surface area (Å²) in [5, 5.41) is 3.71. The quantitative estimate of drug-likeness (QED) is 0.900. The summed E-state index contributed by atoms with van der Waals surface area (Å²) in [5.74, 6) is 0.645. The van der Waals surface area contributed by atoms with Gasteiger partial charge in [-0.25, -0.2) is 0 Å². The monoisotopic (exact) mass is 260 g/mol. The SMILES string of the molecule is CC(Nc1ccccc1N1CCCC1)C1CCOC1. The van der Waals surface area contributed by atoms with Crippen molar-refractivity contribution >= 4 is 11.4 Å². The lowest BCUT2D eigenvalue weighted by atomic mass is 10.0. The van der Waals surface area contributed by atoms with Crippen LogP contribution in [0.4, 0.5) is 11.4 Å². The molecule has 1 N–H and O–H groups in total. The van der Waals surface area contributed by atoms with Crippen LogP contribution in [0.5, 0.6) is 0 Å². The van der Waals surface area contributed by atoms with Crippen LogP contribution in [0.2, 0.25) is 0 Å². The Morgan fingerprint density at radius 1 is 1.26 bits per heavy atom. The second-order valence-corrected chi connectivity index (χ2v) is 5.77. The van der Waals surface area contributed by atoms with Gasteiger partial charge in [0.25, 0.3) is 0 Å². The molecule has 2 aliphatic rings. The maximum atomic E-state index is 5.50. The standard InChI is InChI=1S/C16H24N2O/c1-13(14-8-11-19-12-14)17-15-6-2-3-7-16(15)18-9-4-5-10-18/h2-3,6-7,13-14,17H,4-5,8-12H2,1H3. The van der Waals surface area contributed by atoms with E-state index in [1.807, 2.05) is 0 Å². The van der Waals surface area contributed by atoms with Gasteiger partial charge in [0.2, 0.25) is 0 Å². The molecular formula is C16H24N2O. The van der Waals surface area contributed by atoms with Crippen molar-refractivity contribution in [3.63, 3.8) is 0 Å². The number of anilines is 2. The fourth-order valence-electron chi connectivity index (χ4n) is 3.14. The van der Waals surface area contributed by atoms with E-state index >= 15 is 0 Å². The number of nitrogens with zero attached hydrogens (tertiary/aromatic N) is 1. The van der Waals surface area contributed by atoms with Gasteiger partial charge in [-0.05, 0) is 38.3 Å². The smallest absolute Gasteiger partial charge is 0.0602 e. The van der Waals surface area contributed by atoms with Crippen LogP contribution in [0.15, 0.2) is 24.3 Å². The minimum atomic E-state index is 0.478. The number of para-hydroxylation sites is 2. The van der Waals surface area contributed by atoms with Crippen LogP contribution in [-0.2, 0) is 4.74 Å². The van der Waals surface area contributed by atoms with Crippen molar-refractivity contribution in [2.24, 2.45) is 5.92 Å². The Hall–Kier alpha value is -1.22. The normalized spacial score (nSPS) is 24.7. The Labute approximate surface area is 115 Å². The van der Waals surface area contributed by atoms with E-state index in [-0.39, 0.29) is 0 Å². The molecule has 104 valence electrons. The van der Waals surface area contributed by atoms with Crippen LogP contribution in [0, 0.1) is 5.92 Å². The zero-order valence-corrected chi connectivity index (χ0v) is 11.8. The number of nitrogens with one attached hydrogen (secondary N) is 1. The lowest BCUT2D eigenvalue weighted by molar-refractivity contribution is 0.183. The van der Waals surface area contributed by atoms with Crippen molar-refractivity contribution in [3.05, 3.63) is 24.3 Å². The highest BCUT2D eigenvalue weighted by Gasteiger charge is 2.23. The third-order valence-corrected chi connectivity index (χ3v) is 4.41. The van der Waals surface area contributed by atoms with Gasteiger partial charge >= 0.3 is 0 Å². The summed E-state index contributed by atoms with van der Waals surface area (Å²) in [6, 6.07) is 9.19. The summed E-state index contributed by atoms with van der Waals surface area (Å²) < 4.78 is 5.50.